The van der Waals surface area contributed by atoms with Crippen LogP contribution in [-0.2, 0) is 32.2 Å². The van der Waals surface area contributed by atoms with E-state index in [2.05, 4.69) is 26.0 Å². The zero-order valence-electron chi connectivity index (χ0n) is 21.3. The SMILES string of the molecule is CCOC(=O)/C(C)=C/CC[C@H](C[C@@H](CC(C)C)OCc1ccccc1)OCc1c(Cl)cccc1Cl. The highest BCUT2D eigenvalue weighted by molar-refractivity contribution is 6.35. The fourth-order valence-electron chi connectivity index (χ4n) is 3.79. The first-order chi connectivity index (χ1) is 16.8. The second kappa shape index (κ2) is 16.0. The highest BCUT2D eigenvalue weighted by Gasteiger charge is 2.20. The van der Waals surface area contributed by atoms with Gasteiger partial charge in [-0.25, -0.2) is 4.79 Å². The molecule has 0 saturated heterocycles. The summed E-state index contributed by atoms with van der Waals surface area (Å²) in [6.07, 6.45) is 4.96. The van der Waals surface area contributed by atoms with E-state index in [0.717, 1.165) is 30.4 Å². The van der Waals surface area contributed by atoms with Crippen molar-refractivity contribution in [3.05, 3.63) is 81.4 Å². The molecule has 0 spiro atoms. The molecule has 0 aliphatic rings. The fourth-order valence-corrected chi connectivity index (χ4v) is 4.30. The molecular formula is C29H38Cl2O4. The fraction of sp³-hybridized carbons (Fsp3) is 0.483. The maximum atomic E-state index is 12.0. The van der Waals surface area contributed by atoms with Crippen molar-refractivity contribution >= 4 is 29.2 Å². The Balaban J connectivity index is 2.10. The van der Waals surface area contributed by atoms with E-state index < -0.39 is 0 Å². The van der Waals surface area contributed by atoms with E-state index in [1.54, 1.807) is 13.8 Å². The van der Waals surface area contributed by atoms with Crippen molar-refractivity contribution in [3.63, 3.8) is 0 Å². The summed E-state index contributed by atoms with van der Waals surface area (Å²) in [7, 11) is 0. The Kier molecular flexibility index (Phi) is 13.4. The summed E-state index contributed by atoms with van der Waals surface area (Å²) in [5, 5.41) is 1.18. The van der Waals surface area contributed by atoms with Crippen LogP contribution in [0.3, 0.4) is 0 Å². The second-order valence-corrected chi connectivity index (χ2v) is 9.92. The van der Waals surface area contributed by atoms with Gasteiger partial charge in [0.1, 0.15) is 0 Å². The number of halogens is 2. The number of ether oxygens (including phenoxy) is 3. The minimum Gasteiger partial charge on any atom is -0.463 e. The smallest absolute Gasteiger partial charge is 0.333 e. The molecule has 0 aliphatic carbocycles. The molecule has 0 radical (unpaired) electrons. The van der Waals surface area contributed by atoms with Gasteiger partial charge in [-0.05, 0) is 63.1 Å². The molecule has 6 heteroatoms. The molecule has 0 saturated carbocycles. The normalized spacial score (nSPS) is 13.6. The van der Waals surface area contributed by atoms with Gasteiger partial charge in [-0.3, -0.25) is 0 Å². The van der Waals surface area contributed by atoms with Crippen LogP contribution in [-0.4, -0.2) is 24.8 Å². The maximum absolute atomic E-state index is 12.0. The molecule has 0 aromatic heterocycles. The van der Waals surface area contributed by atoms with Crippen molar-refractivity contribution in [2.24, 2.45) is 5.92 Å². The Hall–Kier alpha value is -1.85. The lowest BCUT2D eigenvalue weighted by Gasteiger charge is -2.26. The minimum absolute atomic E-state index is 0.0389. The molecule has 0 heterocycles. The van der Waals surface area contributed by atoms with Gasteiger partial charge in [0.2, 0.25) is 0 Å². The molecule has 0 amide bonds. The van der Waals surface area contributed by atoms with Gasteiger partial charge in [0.15, 0.2) is 0 Å². The zero-order valence-corrected chi connectivity index (χ0v) is 22.8. The van der Waals surface area contributed by atoms with E-state index in [0.29, 0.717) is 47.8 Å². The van der Waals surface area contributed by atoms with Crippen molar-refractivity contribution in [1.82, 2.24) is 0 Å². The number of hydrogen-bond donors (Lipinski definition) is 0. The van der Waals surface area contributed by atoms with E-state index in [1.807, 2.05) is 42.5 Å². The number of carbonyl (C=O) groups is 1. The third-order valence-corrected chi connectivity index (χ3v) is 6.36. The average molecular weight is 522 g/mol. The van der Waals surface area contributed by atoms with Gasteiger partial charge in [-0.2, -0.15) is 0 Å². The van der Waals surface area contributed by atoms with Gasteiger partial charge in [-0.15, -0.1) is 0 Å². The van der Waals surface area contributed by atoms with Gasteiger partial charge >= 0.3 is 5.97 Å². The van der Waals surface area contributed by atoms with E-state index in [-0.39, 0.29) is 18.2 Å². The first kappa shape index (κ1) is 29.4. The molecule has 35 heavy (non-hydrogen) atoms. The Morgan fingerprint density at radius 2 is 1.57 bits per heavy atom. The van der Waals surface area contributed by atoms with Gasteiger partial charge in [-0.1, -0.05) is 79.5 Å². The van der Waals surface area contributed by atoms with Crippen LogP contribution in [0.25, 0.3) is 0 Å². The molecule has 0 bridgehead atoms. The van der Waals surface area contributed by atoms with E-state index >= 15 is 0 Å². The molecule has 2 atom stereocenters. The van der Waals surface area contributed by atoms with Crippen LogP contribution >= 0.6 is 23.2 Å². The van der Waals surface area contributed by atoms with Crippen molar-refractivity contribution < 1.29 is 19.0 Å². The molecule has 192 valence electrons. The van der Waals surface area contributed by atoms with Crippen LogP contribution in [0.1, 0.15) is 64.5 Å². The lowest BCUT2D eigenvalue weighted by Crippen LogP contribution is -2.25. The van der Waals surface area contributed by atoms with Crippen molar-refractivity contribution in [2.45, 2.75) is 78.8 Å². The van der Waals surface area contributed by atoms with Crippen LogP contribution in [0.5, 0.6) is 0 Å². The summed E-state index contributed by atoms with van der Waals surface area (Å²) >= 11 is 12.7. The average Bonchev–Trinajstić information content (AvgIpc) is 2.82. The van der Waals surface area contributed by atoms with Gasteiger partial charge in [0, 0.05) is 21.2 Å². The number of rotatable bonds is 15. The highest BCUT2D eigenvalue weighted by Crippen LogP contribution is 2.27. The van der Waals surface area contributed by atoms with E-state index in [1.165, 1.54) is 0 Å². The lowest BCUT2D eigenvalue weighted by atomic mass is 9.98. The predicted molar refractivity (Wildman–Crippen MR) is 144 cm³/mol. The molecule has 0 aliphatic heterocycles. The first-order valence-electron chi connectivity index (χ1n) is 12.3. The van der Waals surface area contributed by atoms with Crippen LogP contribution in [0.15, 0.2) is 60.2 Å². The van der Waals surface area contributed by atoms with Crippen LogP contribution in [0.2, 0.25) is 10.0 Å². The number of benzene rings is 2. The first-order valence-corrected chi connectivity index (χ1v) is 13.1. The Bertz CT molecular complexity index is 907. The summed E-state index contributed by atoms with van der Waals surface area (Å²) in [6.45, 7) is 9.22. The third-order valence-electron chi connectivity index (χ3n) is 5.65. The Labute approximate surface area is 220 Å². The third kappa shape index (κ3) is 11.2. The summed E-state index contributed by atoms with van der Waals surface area (Å²) in [4.78, 5) is 12.0. The molecule has 4 nitrogen and oxygen atoms in total. The van der Waals surface area contributed by atoms with Crippen LogP contribution in [0.4, 0.5) is 0 Å². The second-order valence-electron chi connectivity index (χ2n) is 9.10. The Morgan fingerprint density at radius 3 is 2.20 bits per heavy atom. The quantitative estimate of drug-likeness (QED) is 0.175. The largest absolute Gasteiger partial charge is 0.463 e. The molecular weight excluding hydrogens is 483 g/mol. The molecule has 0 unspecified atom stereocenters. The monoisotopic (exact) mass is 520 g/mol. The minimum atomic E-state index is -0.281. The number of allylic oxidation sites excluding steroid dienone is 1. The number of hydrogen-bond acceptors (Lipinski definition) is 4. The van der Waals surface area contributed by atoms with Crippen molar-refractivity contribution in [1.29, 1.82) is 0 Å². The molecule has 0 N–H and O–H groups in total. The van der Waals surface area contributed by atoms with E-state index in [4.69, 9.17) is 37.4 Å². The topological polar surface area (TPSA) is 44.8 Å². The lowest BCUT2D eigenvalue weighted by molar-refractivity contribution is -0.138. The summed E-state index contributed by atoms with van der Waals surface area (Å²) in [5.74, 6) is 0.206. The zero-order chi connectivity index (χ0) is 25.6. The predicted octanol–water partition coefficient (Wildman–Crippen LogP) is 8.19. The van der Waals surface area contributed by atoms with Gasteiger partial charge in [0.05, 0.1) is 32.0 Å². The maximum Gasteiger partial charge on any atom is 0.333 e. The number of carbonyl (C=O) groups excluding carboxylic acids is 1. The number of esters is 1. The standard InChI is InChI=1S/C29H38Cl2O4/c1-5-33-29(32)22(4)11-9-14-24(35-20-26-27(30)15-10-16-28(26)31)18-25(17-21(2)3)34-19-23-12-7-6-8-13-23/h6-8,10-13,15-16,21,24-25H,5,9,14,17-20H2,1-4H3/b22-11+/t24-,25-/m1/s1. The van der Waals surface area contributed by atoms with Crippen LogP contribution in [0, 0.1) is 5.92 Å². The van der Waals surface area contributed by atoms with Gasteiger partial charge < -0.3 is 14.2 Å². The Morgan fingerprint density at radius 1 is 0.914 bits per heavy atom. The highest BCUT2D eigenvalue weighted by atomic mass is 35.5. The van der Waals surface area contributed by atoms with Gasteiger partial charge in [0.25, 0.3) is 0 Å². The molecule has 2 rings (SSSR count). The van der Waals surface area contributed by atoms with Crippen molar-refractivity contribution in [2.75, 3.05) is 6.61 Å². The summed E-state index contributed by atoms with van der Waals surface area (Å²) in [6, 6.07) is 15.6. The molecule has 0 fully saturated rings. The van der Waals surface area contributed by atoms with E-state index in [9.17, 15) is 4.79 Å². The van der Waals surface area contributed by atoms with Crippen LogP contribution < -0.4 is 0 Å². The van der Waals surface area contributed by atoms with Crippen molar-refractivity contribution in [3.8, 4) is 0 Å². The summed E-state index contributed by atoms with van der Waals surface area (Å²) in [5.41, 5.74) is 2.54. The summed E-state index contributed by atoms with van der Waals surface area (Å²) < 4.78 is 17.8. The molecule has 2 aromatic rings. The molecule has 2 aromatic carbocycles.